The van der Waals surface area contributed by atoms with Crippen LogP contribution in [0.15, 0.2) is 271 Å². The van der Waals surface area contributed by atoms with E-state index < -0.39 is 0 Å². The molecule has 2 heterocycles. The molecule has 3 heteroatoms. The average Bonchev–Trinajstić information content (AvgIpc) is 3.98. The highest BCUT2D eigenvalue weighted by Gasteiger charge is 2.22. The highest BCUT2D eigenvalue weighted by Crippen LogP contribution is 2.45. The zero-order valence-electron chi connectivity index (χ0n) is 37.7. The van der Waals surface area contributed by atoms with Gasteiger partial charge in [-0.15, -0.1) is 0 Å². The molecule has 13 rings (SSSR count). The minimum Gasteiger partial charge on any atom is -0.455 e. The number of furan rings is 1. The third-order valence-corrected chi connectivity index (χ3v) is 13.6. The summed E-state index contributed by atoms with van der Waals surface area (Å²) in [7, 11) is 0. The summed E-state index contributed by atoms with van der Waals surface area (Å²) in [5, 5.41) is 4.75. The number of nitrogens with zero attached hydrogens (tertiary/aromatic N) is 2. The fourth-order valence-electron chi connectivity index (χ4n) is 10.3. The quantitative estimate of drug-likeness (QED) is 0.144. The molecule has 324 valence electrons. The molecule has 0 unspecified atom stereocenters. The Hall–Kier alpha value is -9.18. The number of para-hydroxylation sites is 6. The Kier molecular flexibility index (Phi) is 9.84. The van der Waals surface area contributed by atoms with Gasteiger partial charge in [-0.3, -0.25) is 0 Å². The molecule has 0 N–H and O–H groups in total. The second-order valence-corrected chi connectivity index (χ2v) is 17.6. The lowest BCUT2D eigenvalue weighted by molar-refractivity contribution is 0.670. The molecule has 13 aromatic rings. The van der Waals surface area contributed by atoms with Crippen molar-refractivity contribution in [2.75, 3.05) is 4.90 Å². The molecular formula is C66H44N2O. The predicted molar refractivity (Wildman–Crippen MR) is 290 cm³/mol. The SMILES string of the molecule is c1ccc(-c2ccc(-c3cccc(N(c4ccc(-c5ccc(-c6cccc7c6oc6ccccc67)cc5)cc4)c4ccccc4-c4ccccc4-n4c5ccccc5c5ccccc54)c3)cc2)cc1. The van der Waals surface area contributed by atoms with Crippen molar-refractivity contribution in [1.29, 1.82) is 0 Å². The summed E-state index contributed by atoms with van der Waals surface area (Å²) in [5.74, 6) is 0. The monoisotopic (exact) mass is 880 g/mol. The van der Waals surface area contributed by atoms with Gasteiger partial charge in [-0.1, -0.05) is 212 Å². The molecule has 11 aromatic carbocycles. The fourth-order valence-corrected chi connectivity index (χ4v) is 10.3. The topological polar surface area (TPSA) is 21.3 Å². The van der Waals surface area contributed by atoms with E-state index >= 15 is 0 Å². The minimum absolute atomic E-state index is 0.907. The number of benzene rings is 11. The maximum absolute atomic E-state index is 6.41. The smallest absolute Gasteiger partial charge is 0.143 e. The first-order valence-corrected chi connectivity index (χ1v) is 23.6. The molecule has 69 heavy (non-hydrogen) atoms. The molecule has 0 bridgehead atoms. The van der Waals surface area contributed by atoms with E-state index in [1.165, 1.54) is 32.9 Å². The van der Waals surface area contributed by atoms with Gasteiger partial charge in [0.15, 0.2) is 0 Å². The Morgan fingerprint density at radius 1 is 0.290 bits per heavy atom. The van der Waals surface area contributed by atoms with Crippen LogP contribution in [-0.4, -0.2) is 4.57 Å². The average molecular weight is 881 g/mol. The van der Waals surface area contributed by atoms with E-state index in [-0.39, 0.29) is 0 Å². The lowest BCUT2D eigenvalue weighted by Gasteiger charge is -2.29. The second kappa shape index (κ2) is 16.9. The van der Waals surface area contributed by atoms with Gasteiger partial charge < -0.3 is 13.9 Å². The highest BCUT2D eigenvalue weighted by atomic mass is 16.3. The summed E-state index contributed by atoms with van der Waals surface area (Å²) in [5.41, 5.74) is 20.0. The first-order valence-electron chi connectivity index (χ1n) is 23.6. The maximum atomic E-state index is 6.41. The number of anilines is 3. The zero-order chi connectivity index (χ0) is 45.7. The van der Waals surface area contributed by atoms with Gasteiger partial charge in [0.25, 0.3) is 0 Å². The number of hydrogen-bond donors (Lipinski definition) is 0. The van der Waals surface area contributed by atoms with Crippen molar-refractivity contribution in [3.05, 3.63) is 267 Å². The van der Waals surface area contributed by atoms with E-state index in [4.69, 9.17) is 4.42 Å². The van der Waals surface area contributed by atoms with Crippen LogP contribution in [0.1, 0.15) is 0 Å². The van der Waals surface area contributed by atoms with Crippen molar-refractivity contribution >= 4 is 60.8 Å². The Morgan fingerprint density at radius 3 is 1.48 bits per heavy atom. The van der Waals surface area contributed by atoms with Gasteiger partial charge in [-0.25, -0.2) is 0 Å². The van der Waals surface area contributed by atoms with Gasteiger partial charge in [-0.05, 0) is 93.5 Å². The molecule has 0 saturated heterocycles. The maximum Gasteiger partial charge on any atom is 0.143 e. The van der Waals surface area contributed by atoms with Crippen LogP contribution in [0.2, 0.25) is 0 Å². The Labute approximate surface area is 401 Å². The molecule has 0 aliphatic rings. The Balaban J connectivity index is 0.922. The van der Waals surface area contributed by atoms with Gasteiger partial charge in [0, 0.05) is 49.6 Å². The largest absolute Gasteiger partial charge is 0.455 e. The van der Waals surface area contributed by atoms with Crippen molar-refractivity contribution in [2.45, 2.75) is 0 Å². The number of aromatic nitrogens is 1. The van der Waals surface area contributed by atoms with E-state index in [9.17, 15) is 0 Å². The normalized spacial score (nSPS) is 11.5. The van der Waals surface area contributed by atoms with Crippen molar-refractivity contribution in [2.24, 2.45) is 0 Å². The molecule has 2 aromatic heterocycles. The number of fused-ring (bicyclic) bond motifs is 6. The predicted octanol–water partition coefficient (Wildman–Crippen LogP) is 18.5. The van der Waals surface area contributed by atoms with Crippen LogP contribution >= 0.6 is 0 Å². The molecule has 0 aliphatic heterocycles. The van der Waals surface area contributed by atoms with Gasteiger partial charge in [0.05, 0.1) is 22.4 Å². The van der Waals surface area contributed by atoms with Gasteiger partial charge in [0.1, 0.15) is 11.2 Å². The van der Waals surface area contributed by atoms with Gasteiger partial charge >= 0.3 is 0 Å². The molecule has 0 atom stereocenters. The lowest BCUT2D eigenvalue weighted by atomic mass is 9.97. The molecule has 0 amide bonds. The van der Waals surface area contributed by atoms with Crippen molar-refractivity contribution < 1.29 is 4.42 Å². The standard InChI is InChI=1S/C66H44N2O/c1-2-16-45(17-3-1)46-32-34-49(35-33-46)51-18-14-19-53(44-51)67(52-42-40-48(41-43-52)47-36-38-50(39-37-47)54-25-15-26-60-59-24-8-13-31-65(59)69-66(54)60)61-27-9-4-20-55(61)56-21-5-10-28-62(56)68-63-29-11-6-22-57(63)58-23-7-12-30-64(58)68/h1-44H. The van der Waals surface area contributed by atoms with E-state index in [0.717, 1.165) is 89.2 Å². The molecule has 3 nitrogen and oxygen atoms in total. The number of hydrogen-bond acceptors (Lipinski definition) is 2. The molecule has 0 spiro atoms. The van der Waals surface area contributed by atoms with Crippen LogP contribution < -0.4 is 4.90 Å². The first-order chi connectivity index (χ1) is 34.2. The van der Waals surface area contributed by atoms with Crippen LogP contribution in [0.4, 0.5) is 17.1 Å². The summed E-state index contributed by atoms with van der Waals surface area (Å²) in [6, 6.07) is 96.1. The molecule has 0 fully saturated rings. The van der Waals surface area contributed by atoms with Gasteiger partial charge in [0.2, 0.25) is 0 Å². The van der Waals surface area contributed by atoms with E-state index in [0.29, 0.717) is 0 Å². The Morgan fingerprint density at radius 2 is 0.768 bits per heavy atom. The lowest BCUT2D eigenvalue weighted by Crippen LogP contribution is -2.11. The third kappa shape index (κ3) is 7.08. The van der Waals surface area contributed by atoms with E-state index in [2.05, 4.69) is 264 Å². The molecule has 0 aliphatic carbocycles. The van der Waals surface area contributed by atoms with E-state index in [1.807, 2.05) is 12.1 Å². The summed E-state index contributed by atoms with van der Waals surface area (Å²) < 4.78 is 8.83. The van der Waals surface area contributed by atoms with Crippen molar-refractivity contribution in [1.82, 2.24) is 4.57 Å². The number of rotatable bonds is 9. The van der Waals surface area contributed by atoms with Gasteiger partial charge in [-0.2, -0.15) is 0 Å². The van der Waals surface area contributed by atoms with E-state index in [1.54, 1.807) is 0 Å². The van der Waals surface area contributed by atoms with Crippen LogP contribution in [0, 0.1) is 0 Å². The van der Waals surface area contributed by atoms with Crippen LogP contribution in [0.25, 0.3) is 105 Å². The molecule has 0 saturated carbocycles. The summed E-state index contributed by atoms with van der Waals surface area (Å²) in [6.07, 6.45) is 0. The summed E-state index contributed by atoms with van der Waals surface area (Å²) in [4.78, 5) is 2.42. The minimum atomic E-state index is 0.907. The van der Waals surface area contributed by atoms with Crippen molar-refractivity contribution in [3.8, 4) is 61.3 Å². The van der Waals surface area contributed by atoms with Crippen LogP contribution in [0.5, 0.6) is 0 Å². The molecular weight excluding hydrogens is 837 g/mol. The first kappa shape index (κ1) is 40.1. The summed E-state index contributed by atoms with van der Waals surface area (Å²) >= 11 is 0. The Bertz CT molecular complexity index is 3940. The fraction of sp³-hybridized carbons (Fsp3) is 0. The van der Waals surface area contributed by atoms with Crippen LogP contribution in [-0.2, 0) is 0 Å². The zero-order valence-corrected chi connectivity index (χ0v) is 37.7. The second-order valence-electron chi connectivity index (χ2n) is 17.6. The third-order valence-electron chi connectivity index (χ3n) is 13.6. The summed E-state index contributed by atoms with van der Waals surface area (Å²) in [6.45, 7) is 0. The van der Waals surface area contributed by atoms with Crippen LogP contribution in [0.3, 0.4) is 0 Å². The highest BCUT2D eigenvalue weighted by molar-refractivity contribution is 6.11. The molecule has 0 radical (unpaired) electrons. The van der Waals surface area contributed by atoms with Crippen molar-refractivity contribution in [3.63, 3.8) is 0 Å².